The predicted molar refractivity (Wildman–Crippen MR) is 56.0 cm³/mol. The summed E-state index contributed by atoms with van der Waals surface area (Å²) in [5.74, 6) is -1.07. The lowest BCUT2D eigenvalue weighted by atomic mass is 9.75. The summed E-state index contributed by atoms with van der Waals surface area (Å²) < 4.78 is 0. The minimum absolute atomic E-state index is 0.275. The van der Waals surface area contributed by atoms with E-state index in [0.717, 1.165) is 12.8 Å². The lowest BCUT2D eigenvalue weighted by Gasteiger charge is -2.30. The Morgan fingerprint density at radius 1 is 1.50 bits per heavy atom. The Labute approximate surface area is 85.7 Å². The van der Waals surface area contributed by atoms with Crippen LogP contribution in [0.3, 0.4) is 0 Å². The van der Waals surface area contributed by atoms with Gasteiger partial charge in [-0.25, -0.2) is 0 Å². The van der Waals surface area contributed by atoms with Crippen molar-refractivity contribution in [2.75, 3.05) is 6.54 Å². The van der Waals surface area contributed by atoms with Gasteiger partial charge in [0.25, 0.3) is 0 Å². The average molecular weight is 199 g/mol. The van der Waals surface area contributed by atoms with Gasteiger partial charge in [-0.15, -0.1) is 0 Å². The molecule has 0 spiro atoms. The zero-order valence-corrected chi connectivity index (χ0v) is 8.96. The second-order valence-electron chi connectivity index (χ2n) is 4.54. The maximum atomic E-state index is 10.9. The van der Waals surface area contributed by atoms with Crippen LogP contribution in [0, 0.1) is 11.3 Å². The van der Waals surface area contributed by atoms with Gasteiger partial charge in [0.1, 0.15) is 0 Å². The highest BCUT2D eigenvalue weighted by Crippen LogP contribution is 2.45. The third kappa shape index (κ3) is 2.47. The molecule has 0 aromatic heterocycles. The fourth-order valence-electron chi connectivity index (χ4n) is 2.62. The second kappa shape index (κ2) is 4.78. The van der Waals surface area contributed by atoms with E-state index in [0.29, 0.717) is 0 Å². The smallest absolute Gasteiger partial charge is 0.307 e. The van der Waals surface area contributed by atoms with E-state index in [2.05, 4.69) is 6.92 Å². The first-order chi connectivity index (χ1) is 6.63. The second-order valence-corrected chi connectivity index (χ2v) is 4.54. The molecule has 3 heteroatoms. The minimum Gasteiger partial charge on any atom is -0.481 e. The van der Waals surface area contributed by atoms with Crippen molar-refractivity contribution in [1.29, 1.82) is 0 Å². The number of carboxylic acids is 1. The van der Waals surface area contributed by atoms with Gasteiger partial charge < -0.3 is 10.8 Å². The Hall–Kier alpha value is -0.570. The van der Waals surface area contributed by atoms with Crippen molar-refractivity contribution in [3.63, 3.8) is 0 Å². The van der Waals surface area contributed by atoms with Gasteiger partial charge in [0.2, 0.25) is 0 Å². The summed E-state index contributed by atoms with van der Waals surface area (Å²) in [5.41, 5.74) is 5.76. The van der Waals surface area contributed by atoms with Crippen molar-refractivity contribution in [2.24, 2.45) is 17.1 Å². The van der Waals surface area contributed by atoms with Gasteiger partial charge in [0, 0.05) is 6.54 Å². The van der Waals surface area contributed by atoms with Crippen LogP contribution in [-0.2, 0) is 4.79 Å². The summed E-state index contributed by atoms with van der Waals surface area (Å²) in [4.78, 5) is 10.9. The average Bonchev–Trinajstić information content (AvgIpc) is 2.63. The fourth-order valence-corrected chi connectivity index (χ4v) is 2.62. The normalized spacial score (nSPS) is 22.1. The first kappa shape index (κ1) is 11.5. The van der Waals surface area contributed by atoms with Crippen LogP contribution in [0.4, 0.5) is 0 Å². The number of carboxylic acid groups (broad SMARTS) is 1. The van der Waals surface area contributed by atoms with Crippen molar-refractivity contribution in [3.05, 3.63) is 0 Å². The number of hydrogen-bond donors (Lipinski definition) is 2. The van der Waals surface area contributed by atoms with E-state index in [1.165, 1.54) is 25.7 Å². The third-order valence-electron chi connectivity index (χ3n) is 3.73. The van der Waals surface area contributed by atoms with Crippen molar-refractivity contribution in [3.8, 4) is 0 Å². The summed E-state index contributed by atoms with van der Waals surface area (Å²) in [6, 6.07) is 0. The van der Waals surface area contributed by atoms with Crippen LogP contribution >= 0.6 is 0 Å². The number of nitrogens with two attached hydrogens (primary N) is 1. The van der Waals surface area contributed by atoms with Crippen LogP contribution in [0.15, 0.2) is 0 Å². The Kier molecular flexibility index (Phi) is 3.93. The zero-order valence-electron chi connectivity index (χ0n) is 8.96. The first-order valence-electron chi connectivity index (χ1n) is 5.56. The maximum Gasteiger partial charge on any atom is 0.307 e. The van der Waals surface area contributed by atoms with E-state index >= 15 is 0 Å². The molecule has 0 heterocycles. The largest absolute Gasteiger partial charge is 0.481 e. The molecule has 0 aromatic carbocycles. The summed E-state index contributed by atoms with van der Waals surface area (Å²) in [7, 11) is 0. The van der Waals surface area contributed by atoms with Crippen molar-refractivity contribution >= 4 is 5.97 Å². The molecule has 1 unspecified atom stereocenters. The zero-order chi connectivity index (χ0) is 10.6. The van der Waals surface area contributed by atoms with Crippen LogP contribution in [0.5, 0.6) is 0 Å². The van der Waals surface area contributed by atoms with Crippen LogP contribution in [0.2, 0.25) is 0 Å². The molecule has 0 radical (unpaired) electrons. The Morgan fingerprint density at radius 2 is 2.07 bits per heavy atom. The molecular weight excluding hydrogens is 178 g/mol. The molecule has 82 valence electrons. The van der Waals surface area contributed by atoms with Crippen LogP contribution < -0.4 is 5.73 Å². The molecule has 1 saturated carbocycles. The molecule has 0 aliphatic heterocycles. The highest BCUT2D eigenvalue weighted by Gasteiger charge is 2.35. The standard InChI is InChI=1S/C11H21NO2/c1-2-11(5-3-4-6-11)7-9(8-12)10(13)14/h9H,2-8,12H2,1H3,(H,13,14). The Bertz CT molecular complexity index is 197. The quantitative estimate of drug-likeness (QED) is 0.712. The Balaban J connectivity index is 2.58. The lowest BCUT2D eigenvalue weighted by molar-refractivity contribution is -0.142. The van der Waals surface area contributed by atoms with E-state index in [-0.39, 0.29) is 17.9 Å². The molecule has 0 bridgehead atoms. The van der Waals surface area contributed by atoms with E-state index in [1.807, 2.05) is 0 Å². The molecule has 1 aliphatic rings. The topological polar surface area (TPSA) is 63.3 Å². The van der Waals surface area contributed by atoms with Crippen LogP contribution in [0.25, 0.3) is 0 Å². The molecule has 1 rings (SSSR count). The summed E-state index contributed by atoms with van der Waals surface area (Å²) >= 11 is 0. The van der Waals surface area contributed by atoms with Gasteiger partial charge in [-0.2, -0.15) is 0 Å². The van der Waals surface area contributed by atoms with Crippen molar-refractivity contribution in [1.82, 2.24) is 0 Å². The molecule has 0 saturated heterocycles. The Morgan fingerprint density at radius 3 is 2.43 bits per heavy atom. The van der Waals surface area contributed by atoms with Gasteiger partial charge in [-0.1, -0.05) is 26.2 Å². The lowest BCUT2D eigenvalue weighted by Crippen LogP contribution is -2.30. The number of carbonyl (C=O) groups is 1. The van der Waals surface area contributed by atoms with E-state index in [1.54, 1.807) is 0 Å². The molecule has 0 amide bonds. The number of rotatable bonds is 5. The summed E-state index contributed by atoms with van der Waals surface area (Å²) in [6.45, 7) is 2.44. The van der Waals surface area contributed by atoms with Crippen molar-refractivity contribution in [2.45, 2.75) is 45.4 Å². The molecule has 1 fully saturated rings. The monoisotopic (exact) mass is 199 g/mol. The van der Waals surface area contributed by atoms with Gasteiger partial charge in [0.05, 0.1) is 5.92 Å². The first-order valence-corrected chi connectivity index (χ1v) is 5.56. The van der Waals surface area contributed by atoms with E-state index < -0.39 is 5.97 Å². The third-order valence-corrected chi connectivity index (χ3v) is 3.73. The van der Waals surface area contributed by atoms with Crippen molar-refractivity contribution < 1.29 is 9.90 Å². The molecule has 1 atom stereocenters. The number of hydrogen-bond acceptors (Lipinski definition) is 2. The maximum absolute atomic E-state index is 10.9. The molecular formula is C11H21NO2. The van der Waals surface area contributed by atoms with Gasteiger partial charge >= 0.3 is 5.97 Å². The SMILES string of the molecule is CCC1(CC(CN)C(=O)O)CCCC1. The van der Waals surface area contributed by atoms with Gasteiger partial charge in [0.15, 0.2) is 0 Å². The molecule has 0 aromatic rings. The molecule has 14 heavy (non-hydrogen) atoms. The highest BCUT2D eigenvalue weighted by atomic mass is 16.4. The molecule has 3 nitrogen and oxygen atoms in total. The molecule has 1 aliphatic carbocycles. The van der Waals surface area contributed by atoms with E-state index in [9.17, 15) is 4.79 Å². The fraction of sp³-hybridized carbons (Fsp3) is 0.909. The summed E-state index contributed by atoms with van der Waals surface area (Å²) in [6.07, 6.45) is 6.75. The molecule has 3 N–H and O–H groups in total. The van der Waals surface area contributed by atoms with E-state index in [4.69, 9.17) is 10.8 Å². The van der Waals surface area contributed by atoms with Gasteiger partial charge in [-0.05, 0) is 24.7 Å². The number of aliphatic carboxylic acids is 1. The van der Waals surface area contributed by atoms with Gasteiger partial charge in [-0.3, -0.25) is 4.79 Å². The van der Waals surface area contributed by atoms with Crippen LogP contribution in [0.1, 0.15) is 45.4 Å². The minimum atomic E-state index is -0.729. The summed E-state index contributed by atoms with van der Waals surface area (Å²) in [5, 5.41) is 8.96. The van der Waals surface area contributed by atoms with Crippen LogP contribution in [-0.4, -0.2) is 17.6 Å². The predicted octanol–water partition coefficient (Wildman–Crippen LogP) is 2.01. The highest BCUT2D eigenvalue weighted by molar-refractivity contribution is 5.70.